The van der Waals surface area contributed by atoms with Crippen molar-refractivity contribution in [2.24, 2.45) is 0 Å². The molecule has 0 bridgehead atoms. The van der Waals surface area contributed by atoms with Gasteiger partial charge in [-0.25, -0.2) is 8.78 Å². The lowest BCUT2D eigenvalue weighted by Crippen LogP contribution is -2.20. The maximum atomic E-state index is 13.1. The highest BCUT2D eigenvalue weighted by atomic mass is 19.1. The van der Waals surface area contributed by atoms with Gasteiger partial charge in [0.2, 0.25) is 0 Å². The summed E-state index contributed by atoms with van der Waals surface area (Å²) in [4.78, 5) is 10.4. The quantitative estimate of drug-likeness (QED) is 0.616. The molecule has 0 amide bonds. The zero-order valence-electron chi connectivity index (χ0n) is 8.93. The molecule has 0 saturated carbocycles. The Labute approximate surface area is 92.4 Å². The molecule has 0 unspecified atom stereocenters. The van der Waals surface area contributed by atoms with Crippen molar-refractivity contribution in [1.29, 1.82) is 0 Å². The van der Waals surface area contributed by atoms with E-state index in [0.29, 0.717) is 12.1 Å². The number of halogens is 2. The number of benzene rings is 1. The third-order valence-electron chi connectivity index (χ3n) is 1.91. The fraction of sp³-hybridized carbons (Fsp3) is 0.364. The van der Waals surface area contributed by atoms with Crippen LogP contribution in [0.4, 0.5) is 8.78 Å². The molecule has 0 saturated heterocycles. The minimum atomic E-state index is -0.596. The van der Waals surface area contributed by atoms with E-state index >= 15 is 0 Å². The van der Waals surface area contributed by atoms with Crippen LogP contribution < -0.4 is 5.32 Å². The molecule has 0 aliphatic heterocycles. The molecule has 88 valence electrons. The highest BCUT2D eigenvalue weighted by Crippen LogP contribution is 2.08. The monoisotopic (exact) mass is 229 g/mol. The second-order valence-corrected chi connectivity index (χ2v) is 3.25. The fourth-order valence-corrected chi connectivity index (χ4v) is 1.16. The summed E-state index contributed by atoms with van der Waals surface area (Å²) in [5.74, 6) is -1.53. The SMILES string of the molecule is CC(=O)OCCNCc1ccc(F)cc1F. The van der Waals surface area contributed by atoms with Gasteiger partial charge in [-0.3, -0.25) is 4.79 Å². The second-order valence-electron chi connectivity index (χ2n) is 3.25. The minimum absolute atomic E-state index is 0.234. The Kier molecular flexibility index (Phi) is 4.85. The Morgan fingerprint density at radius 3 is 2.81 bits per heavy atom. The van der Waals surface area contributed by atoms with Crippen LogP contribution in [0.2, 0.25) is 0 Å². The molecule has 1 N–H and O–H groups in total. The highest BCUT2D eigenvalue weighted by Gasteiger charge is 2.02. The van der Waals surface area contributed by atoms with Crippen LogP contribution in [0.15, 0.2) is 18.2 Å². The Hall–Kier alpha value is -1.49. The van der Waals surface area contributed by atoms with Crippen molar-refractivity contribution < 1.29 is 18.3 Å². The van der Waals surface area contributed by atoms with Gasteiger partial charge in [0.25, 0.3) is 0 Å². The van der Waals surface area contributed by atoms with Crippen molar-refractivity contribution in [3.63, 3.8) is 0 Å². The molecule has 0 heterocycles. The molecule has 16 heavy (non-hydrogen) atoms. The van der Waals surface area contributed by atoms with Gasteiger partial charge in [0, 0.05) is 31.6 Å². The standard InChI is InChI=1S/C11H13F2NO2/c1-8(15)16-5-4-14-7-9-2-3-10(12)6-11(9)13/h2-3,6,14H,4-5,7H2,1H3. The molecule has 0 aliphatic carbocycles. The maximum absolute atomic E-state index is 13.1. The zero-order chi connectivity index (χ0) is 12.0. The van der Waals surface area contributed by atoms with Gasteiger partial charge in [-0.1, -0.05) is 6.07 Å². The minimum Gasteiger partial charge on any atom is -0.465 e. The number of ether oxygens (including phenoxy) is 1. The first-order chi connectivity index (χ1) is 7.59. The van der Waals surface area contributed by atoms with Crippen LogP contribution in [0.25, 0.3) is 0 Å². The Bertz CT molecular complexity index is 369. The van der Waals surface area contributed by atoms with Crippen molar-refractivity contribution in [3.8, 4) is 0 Å². The lowest BCUT2D eigenvalue weighted by Gasteiger charge is -2.06. The first kappa shape index (κ1) is 12.6. The summed E-state index contributed by atoms with van der Waals surface area (Å²) in [6, 6.07) is 3.42. The third kappa shape index (κ3) is 4.35. The van der Waals surface area contributed by atoms with Crippen LogP contribution in [0.1, 0.15) is 12.5 Å². The van der Waals surface area contributed by atoms with Crippen molar-refractivity contribution in [3.05, 3.63) is 35.4 Å². The summed E-state index contributed by atoms with van der Waals surface area (Å²) in [7, 11) is 0. The first-order valence-corrected chi connectivity index (χ1v) is 4.87. The van der Waals surface area contributed by atoms with Crippen molar-refractivity contribution in [2.45, 2.75) is 13.5 Å². The van der Waals surface area contributed by atoms with Gasteiger partial charge in [-0.2, -0.15) is 0 Å². The van der Waals surface area contributed by atoms with E-state index in [4.69, 9.17) is 0 Å². The molecule has 0 radical (unpaired) electrons. The second kappa shape index (κ2) is 6.17. The number of rotatable bonds is 5. The van der Waals surface area contributed by atoms with Crippen LogP contribution in [-0.4, -0.2) is 19.1 Å². The van der Waals surface area contributed by atoms with Gasteiger partial charge in [0.15, 0.2) is 0 Å². The molecule has 0 fully saturated rings. The van der Waals surface area contributed by atoms with Gasteiger partial charge < -0.3 is 10.1 Å². The van der Waals surface area contributed by atoms with Crippen LogP contribution >= 0.6 is 0 Å². The van der Waals surface area contributed by atoms with Crippen LogP contribution in [-0.2, 0) is 16.1 Å². The number of nitrogens with one attached hydrogen (secondary N) is 1. The van der Waals surface area contributed by atoms with E-state index < -0.39 is 11.6 Å². The number of carbonyl (C=O) groups is 1. The van der Waals surface area contributed by atoms with Gasteiger partial charge >= 0.3 is 5.97 Å². The molecule has 0 aromatic heterocycles. The average molecular weight is 229 g/mol. The molecule has 3 nitrogen and oxygen atoms in total. The van der Waals surface area contributed by atoms with Crippen molar-refractivity contribution in [1.82, 2.24) is 5.32 Å². The Balaban J connectivity index is 2.29. The summed E-state index contributed by atoms with van der Waals surface area (Å²) in [5, 5.41) is 2.88. The summed E-state index contributed by atoms with van der Waals surface area (Å²) in [6.07, 6.45) is 0. The highest BCUT2D eigenvalue weighted by molar-refractivity contribution is 5.65. The lowest BCUT2D eigenvalue weighted by molar-refractivity contribution is -0.140. The molecule has 1 aromatic rings. The normalized spacial score (nSPS) is 10.2. The molecular weight excluding hydrogens is 216 g/mol. The predicted octanol–water partition coefficient (Wildman–Crippen LogP) is 1.62. The third-order valence-corrected chi connectivity index (χ3v) is 1.91. The van der Waals surface area contributed by atoms with E-state index in [2.05, 4.69) is 10.1 Å². The average Bonchev–Trinajstić information content (AvgIpc) is 2.20. The smallest absolute Gasteiger partial charge is 0.302 e. The van der Waals surface area contributed by atoms with E-state index in [1.165, 1.54) is 19.1 Å². The molecule has 5 heteroatoms. The molecule has 0 spiro atoms. The van der Waals surface area contributed by atoms with E-state index in [0.717, 1.165) is 6.07 Å². The van der Waals surface area contributed by atoms with E-state index in [9.17, 15) is 13.6 Å². The summed E-state index contributed by atoms with van der Waals surface area (Å²) >= 11 is 0. The van der Waals surface area contributed by atoms with Gasteiger partial charge in [0.05, 0.1) is 0 Å². The fourth-order valence-electron chi connectivity index (χ4n) is 1.16. The van der Waals surface area contributed by atoms with Crippen molar-refractivity contribution >= 4 is 5.97 Å². The molecular formula is C11H13F2NO2. The van der Waals surface area contributed by atoms with Gasteiger partial charge in [-0.15, -0.1) is 0 Å². The predicted molar refractivity (Wildman–Crippen MR) is 54.7 cm³/mol. The van der Waals surface area contributed by atoms with E-state index in [1.54, 1.807) is 0 Å². The molecule has 0 atom stereocenters. The maximum Gasteiger partial charge on any atom is 0.302 e. The molecule has 0 aliphatic rings. The van der Waals surface area contributed by atoms with Gasteiger partial charge in [0.1, 0.15) is 18.2 Å². The van der Waals surface area contributed by atoms with Crippen LogP contribution in [0.5, 0.6) is 0 Å². The molecule has 1 rings (SSSR count). The number of carbonyl (C=O) groups excluding carboxylic acids is 1. The Morgan fingerprint density at radius 1 is 1.44 bits per heavy atom. The van der Waals surface area contributed by atoms with E-state index in [-0.39, 0.29) is 19.1 Å². The van der Waals surface area contributed by atoms with Crippen LogP contribution in [0, 0.1) is 11.6 Å². The topological polar surface area (TPSA) is 38.3 Å². The van der Waals surface area contributed by atoms with Gasteiger partial charge in [-0.05, 0) is 6.07 Å². The summed E-state index contributed by atoms with van der Waals surface area (Å²) < 4.78 is 30.4. The zero-order valence-corrected chi connectivity index (χ0v) is 8.93. The lowest BCUT2D eigenvalue weighted by atomic mass is 10.2. The number of hydrogen-bond acceptors (Lipinski definition) is 3. The largest absolute Gasteiger partial charge is 0.465 e. The van der Waals surface area contributed by atoms with E-state index in [1.807, 2.05) is 0 Å². The molecule has 1 aromatic carbocycles. The number of hydrogen-bond donors (Lipinski definition) is 1. The first-order valence-electron chi connectivity index (χ1n) is 4.87. The Morgan fingerprint density at radius 2 is 2.19 bits per heavy atom. The number of esters is 1. The van der Waals surface area contributed by atoms with Crippen molar-refractivity contribution in [2.75, 3.05) is 13.2 Å². The van der Waals surface area contributed by atoms with Crippen LogP contribution in [0.3, 0.4) is 0 Å². The summed E-state index contributed by atoms with van der Waals surface area (Å²) in [6.45, 7) is 2.25. The summed E-state index contributed by atoms with van der Waals surface area (Å²) in [5.41, 5.74) is 0.379.